The van der Waals surface area contributed by atoms with Crippen LogP contribution in [0.15, 0.2) is 61.1 Å². The van der Waals surface area contributed by atoms with E-state index in [2.05, 4.69) is 15.4 Å². The Hall–Kier alpha value is -2.69. The van der Waals surface area contributed by atoms with Gasteiger partial charge in [0.15, 0.2) is 11.6 Å². The van der Waals surface area contributed by atoms with Crippen molar-refractivity contribution in [2.24, 2.45) is 0 Å². The molecule has 20 heavy (non-hydrogen) atoms. The average molecular weight is 268 g/mol. The summed E-state index contributed by atoms with van der Waals surface area (Å²) < 4.78 is 15.3. The number of halogens is 1. The van der Waals surface area contributed by atoms with Crippen molar-refractivity contribution in [3.63, 3.8) is 0 Å². The highest BCUT2D eigenvalue weighted by atomic mass is 19.1. The first-order valence-corrected chi connectivity index (χ1v) is 6.27. The van der Waals surface area contributed by atoms with Crippen molar-refractivity contribution in [1.82, 2.24) is 14.8 Å². The molecule has 0 saturated heterocycles. The minimum Gasteiger partial charge on any atom is -0.363 e. The molecule has 0 saturated carbocycles. The van der Waals surface area contributed by atoms with Gasteiger partial charge in [-0.3, -0.25) is 0 Å². The maximum Gasteiger partial charge on any atom is 0.165 e. The van der Waals surface area contributed by atoms with E-state index in [4.69, 9.17) is 0 Å². The van der Waals surface area contributed by atoms with Gasteiger partial charge >= 0.3 is 0 Å². The van der Waals surface area contributed by atoms with E-state index >= 15 is 0 Å². The average Bonchev–Trinajstić information content (AvgIpc) is 3.01. The molecule has 0 radical (unpaired) electrons. The Labute approximate surface area is 115 Å². The molecule has 1 aromatic carbocycles. The lowest BCUT2D eigenvalue weighted by molar-refractivity contribution is 0.624. The Balaban J connectivity index is 1.84. The van der Waals surface area contributed by atoms with E-state index in [0.29, 0.717) is 6.54 Å². The Bertz CT molecular complexity index is 695. The fraction of sp³-hybridized carbons (Fsp3) is 0.0667. The molecule has 0 amide bonds. The van der Waals surface area contributed by atoms with Gasteiger partial charge < -0.3 is 5.32 Å². The summed E-state index contributed by atoms with van der Waals surface area (Å²) in [6.45, 7) is 0.476. The van der Waals surface area contributed by atoms with Gasteiger partial charge in [-0.1, -0.05) is 18.2 Å². The molecular weight excluding hydrogens is 255 g/mol. The summed E-state index contributed by atoms with van der Waals surface area (Å²) in [5.41, 5.74) is 1.97. The fourth-order valence-electron chi connectivity index (χ4n) is 1.99. The van der Waals surface area contributed by atoms with E-state index in [9.17, 15) is 4.39 Å². The molecule has 0 aliphatic rings. The summed E-state index contributed by atoms with van der Waals surface area (Å²) in [5.74, 6) is -0.105. The minimum atomic E-state index is -0.357. The van der Waals surface area contributed by atoms with Gasteiger partial charge in [0, 0.05) is 25.1 Å². The summed E-state index contributed by atoms with van der Waals surface area (Å²) in [4.78, 5) is 3.98. The lowest BCUT2D eigenvalue weighted by atomic mass is 10.2. The fourth-order valence-corrected chi connectivity index (χ4v) is 1.99. The number of nitrogens with zero attached hydrogens (tertiary/aromatic N) is 3. The molecule has 0 unspecified atom stereocenters. The van der Waals surface area contributed by atoms with Crippen LogP contribution in [0.25, 0.3) is 5.69 Å². The van der Waals surface area contributed by atoms with Crippen LogP contribution in [-0.2, 0) is 6.54 Å². The smallest absolute Gasteiger partial charge is 0.165 e. The maximum absolute atomic E-state index is 13.5. The Kier molecular flexibility index (Phi) is 3.41. The van der Waals surface area contributed by atoms with Crippen LogP contribution in [0.5, 0.6) is 0 Å². The van der Waals surface area contributed by atoms with Crippen LogP contribution in [0, 0.1) is 5.82 Å². The number of pyridine rings is 1. The molecule has 0 spiro atoms. The van der Waals surface area contributed by atoms with Gasteiger partial charge in [0.25, 0.3) is 0 Å². The number of hydrogen-bond donors (Lipinski definition) is 1. The van der Waals surface area contributed by atoms with Gasteiger partial charge in [0.2, 0.25) is 0 Å². The maximum atomic E-state index is 13.5. The lowest BCUT2D eigenvalue weighted by Crippen LogP contribution is -2.07. The van der Waals surface area contributed by atoms with Gasteiger partial charge in [-0.25, -0.2) is 14.1 Å². The third-order valence-corrected chi connectivity index (χ3v) is 2.95. The van der Waals surface area contributed by atoms with Gasteiger partial charge in [-0.05, 0) is 29.8 Å². The van der Waals surface area contributed by atoms with Crippen LogP contribution in [0.4, 0.5) is 10.2 Å². The first-order chi connectivity index (χ1) is 9.84. The van der Waals surface area contributed by atoms with Crippen LogP contribution in [0.3, 0.4) is 0 Å². The van der Waals surface area contributed by atoms with Crippen molar-refractivity contribution in [1.29, 1.82) is 0 Å². The van der Waals surface area contributed by atoms with Crippen LogP contribution in [-0.4, -0.2) is 14.8 Å². The molecule has 1 N–H and O–H groups in total. The normalized spacial score (nSPS) is 10.4. The third kappa shape index (κ3) is 2.51. The molecule has 0 bridgehead atoms. The molecule has 3 aromatic rings. The van der Waals surface area contributed by atoms with E-state index in [1.807, 2.05) is 36.5 Å². The summed E-state index contributed by atoms with van der Waals surface area (Å²) in [6, 6.07) is 12.7. The molecule has 2 heterocycles. The van der Waals surface area contributed by atoms with E-state index in [-0.39, 0.29) is 11.6 Å². The number of nitrogens with one attached hydrogen (secondary N) is 1. The summed E-state index contributed by atoms with van der Waals surface area (Å²) in [6.07, 6.45) is 5.16. The largest absolute Gasteiger partial charge is 0.363 e. The highest BCUT2D eigenvalue weighted by molar-refractivity contribution is 5.44. The van der Waals surface area contributed by atoms with Crippen LogP contribution in [0.2, 0.25) is 0 Å². The minimum absolute atomic E-state index is 0.253. The van der Waals surface area contributed by atoms with Crippen molar-refractivity contribution < 1.29 is 4.39 Å². The molecule has 100 valence electrons. The molecule has 3 rings (SSSR count). The molecule has 0 atom stereocenters. The topological polar surface area (TPSA) is 42.7 Å². The SMILES string of the molecule is Fc1cccnc1NCc1ccccc1-n1cccn1. The predicted octanol–water partition coefficient (Wildman–Crippen LogP) is 3.02. The number of rotatable bonds is 4. The van der Waals surface area contributed by atoms with Crippen LogP contribution < -0.4 is 5.32 Å². The van der Waals surface area contributed by atoms with E-state index < -0.39 is 0 Å². The molecule has 2 aromatic heterocycles. The molecule has 0 aliphatic carbocycles. The molecule has 0 fully saturated rings. The van der Waals surface area contributed by atoms with Crippen molar-refractivity contribution in [2.45, 2.75) is 6.54 Å². The second-order valence-corrected chi connectivity index (χ2v) is 4.27. The van der Waals surface area contributed by atoms with Crippen LogP contribution in [0.1, 0.15) is 5.56 Å². The van der Waals surface area contributed by atoms with Crippen molar-refractivity contribution in [2.75, 3.05) is 5.32 Å². The van der Waals surface area contributed by atoms with E-state index in [0.717, 1.165) is 11.3 Å². The van der Waals surface area contributed by atoms with Gasteiger partial charge in [-0.2, -0.15) is 5.10 Å². The zero-order valence-electron chi connectivity index (χ0n) is 10.7. The predicted molar refractivity (Wildman–Crippen MR) is 75.1 cm³/mol. The summed E-state index contributed by atoms with van der Waals surface area (Å²) in [5, 5.41) is 7.22. The van der Waals surface area contributed by atoms with E-state index in [1.54, 1.807) is 23.1 Å². The van der Waals surface area contributed by atoms with Crippen LogP contribution >= 0.6 is 0 Å². The van der Waals surface area contributed by atoms with Crippen molar-refractivity contribution in [3.8, 4) is 5.69 Å². The number of aromatic nitrogens is 3. The van der Waals surface area contributed by atoms with Gasteiger partial charge in [0.05, 0.1) is 5.69 Å². The number of benzene rings is 1. The van der Waals surface area contributed by atoms with E-state index in [1.165, 1.54) is 6.07 Å². The molecule has 5 heteroatoms. The highest BCUT2D eigenvalue weighted by Gasteiger charge is 2.06. The lowest BCUT2D eigenvalue weighted by Gasteiger charge is -2.11. The van der Waals surface area contributed by atoms with Gasteiger partial charge in [-0.15, -0.1) is 0 Å². The molecule has 0 aliphatic heterocycles. The van der Waals surface area contributed by atoms with Crippen molar-refractivity contribution >= 4 is 5.82 Å². The zero-order valence-corrected chi connectivity index (χ0v) is 10.7. The highest BCUT2D eigenvalue weighted by Crippen LogP contribution is 2.16. The number of para-hydroxylation sites is 1. The van der Waals surface area contributed by atoms with Gasteiger partial charge in [0.1, 0.15) is 0 Å². The first-order valence-electron chi connectivity index (χ1n) is 6.27. The van der Waals surface area contributed by atoms with Crippen molar-refractivity contribution in [3.05, 3.63) is 72.4 Å². The second kappa shape index (κ2) is 5.52. The summed E-state index contributed by atoms with van der Waals surface area (Å²) >= 11 is 0. The quantitative estimate of drug-likeness (QED) is 0.791. The second-order valence-electron chi connectivity index (χ2n) is 4.27. The number of anilines is 1. The molecular formula is C15H13FN4. The Morgan fingerprint density at radius 1 is 1.05 bits per heavy atom. The summed E-state index contributed by atoms with van der Waals surface area (Å²) in [7, 11) is 0. The first kappa shape index (κ1) is 12.3. The third-order valence-electron chi connectivity index (χ3n) is 2.95. The Morgan fingerprint density at radius 3 is 2.75 bits per heavy atom. The molecule has 4 nitrogen and oxygen atoms in total. The monoisotopic (exact) mass is 268 g/mol. The standard InChI is InChI=1S/C15H13FN4/c16-13-6-3-8-17-15(13)18-11-12-5-1-2-7-14(12)20-10-4-9-19-20/h1-10H,11H2,(H,17,18). The Morgan fingerprint density at radius 2 is 1.95 bits per heavy atom. The number of hydrogen-bond acceptors (Lipinski definition) is 3. The zero-order chi connectivity index (χ0) is 13.8.